The molecular weight excluding hydrogens is 372 g/mol. The predicted octanol–water partition coefficient (Wildman–Crippen LogP) is 3.58. The number of amides is 1. The van der Waals surface area contributed by atoms with E-state index in [1.54, 1.807) is 0 Å². The van der Waals surface area contributed by atoms with Crippen LogP contribution in [0.25, 0.3) is 0 Å². The zero-order valence-corrected chi connectivity index (χ0v) is 18.6. The number of hydrogen-bond acceptors (Lipinski definition) is 6. The quantitative estimate of drug-likeness (QED) is 0.256. The maximum absolute atomic E-state index is 11.9. The Labute approximate surface area is 176 Å². The van der Waals surface area contributed by atoms with Gasteiger partial charge in [-0.1, -0.05) is 65.2 Å². The van der Waals surface area contributed by atoms with Gasteiger partial charge in [0.1, 0.15) is 13.2 Å². The SMILES string of the molecule is CCCCCCCC(=O)OCCN(CCOC(=O)CCCCCCC)C(=O)CN. The highest BCUT2D eigenvalue weighted by Crippen LogP contribution is 2.07. The van der Waals surface area contributed by atoms with Crippen LogP contribution in [0.5, 0.6) is 0 Å². The van der Waals surface area contributed by atoms with Crippen molar-refractivity contribution in [1.82, 2.24) is 4.90 Å². The van der Waals surface area contributed by atoms with Gasteiger partial charge in [0.05, 0.1) is 19.6 Å². The van der Waals surface area contributed by atoms with E-state index in [9.17, 15) is 14.4 Å². The maximum Gasteiger partial charge on any atom is 0.305 e. The summed E-state index contributed by atoms with van der Waals surface area (Å²) in [6.07, 6.45) is 11.5. The van der Waals surface area contributed by atoms with E-state index >= 15 is 0 Å². The van der Waals surface area contributed by atoms with Gasteiger partial charge in [0, 0.05) is 12.8 Å². The monoisotopic (exact) mass is 414 g/mol. The van der Waals surface area contributed by atoms with Crippen molar-refractivity contribution in [2.45, 2.75) is 90.9 Å². The third-order valence-corrected chi connectivity index (χ3v) is 4.74. The second kappa shape index (κ2) is 19.7. The summed E-state index contributed by atoms with van der Waals surface area (Å²) in [5.74, 6) is -0.733. The number of hydrogen-bond donors (Lipinski definition) is 1. The average molecular weight is 415 g/mol. The highest BCUT2D eigenvalue weighted by molar-refractivity contribution is 5.78. The van der Waals surface area contributed by atoms with Gasteiger partial charge >= 0.3 is 11.9 Å². The Balaban J connectivity index is 3.95. The number of ether oxygens (including phenoxy) is 2. The summed E-state index contributed by atoms with van der Waals surface area (Å²) in [4.78, 5) is 36.9. The van der Waals surface area contributed by atoms with E-state index < -0.39 is 0 Å². The first-order valence-electron chi connectivity index (χ1n) is 11.3. The molecule has 0 aliphatic rings. The van der Waals surface area contributed by atoms with Crippen molar-refractivity contribution in [2.75, 3.05) is 32.8 Å². The molecule has 0 aliphatic carbocycles. The minimum atomic E-state index is -0.253. The summed E-state index contributed by atoms with van der Waals surface area (Å²) in [5, 5.41) is 0. The Hall–Kier alpha value is -1.63. The Bertz CT molecular complexity index is 411. The molecule has 0 spiro atoms. The first kappa shape index (κ1) is 27.4. The van der Waals surface area contributed by atoms with E-state index in [4.69, 9.17) is 15.2 Å². The molecule has 0 saturated carbocycles. The molecule has 0 fully saturated rings. The summed E-state index contributed by atoms with van der Waals surface area (Å²) in [5.41, 5.74) is 5.44. The first-order chi connectivity index (χ1) is 14.0. The molecule has 0 rings (SSSR count). The number of carbonyl (C=O) groups excluding carboxylic acids is 3. The number of nitrogens with zero attached hydrogens (tertiary/aromatic N) is 1. The van der Waals surface area contributed by atoms with Crippen LogP contribution in [-0.4, -0.2) is 55.6 Å². The van der Waals surface area contributed by atoms with Gasteiger partial charge in [0.2, 0.25) is 5.91 Å². The topological polar surface area (TPSA) is 98.9 Å². The van der Waals surface area contributed by atoms with Crippen LogP contribution < -0.4 is 5.73 Å². The molecule has 0 atom stereocenters. The lowest BCUT2D eigenvalue weighted by atomic mass is 10.1. The van der Waals surface area contributed by atoms with Gasteiger partial charge in [-0.05, 0) is 12.8 Å². The third-order valence-electron chi connectivity index (χ3n) is 4.74. The normalized spacial score (nSPS) is 10.6. The summed E-state index contributed by atoms with van der Waals surface area (Å²) < 4.78 is 10.4. The second-order valence-corrected chi connectivity index (χ2v) is 7.35. The molecule has 0 radical (unpaired) electrons. The average Bonchev–Trinajstić information content (AvgIpc) is 2.71. The van der Waals surface area contributed by atoms with Gasteiger partial charge in [-0.25, -0.2) is 0 Å². The van der Waals surface area contributed by atoms with Crippen molar-refractivity contribution in [3.63, 3.8) is 0 Å². The molecule has 0 aliphatic heterocycles. The summed E-state index contributed by atoms with van der Waals surface area (Å²) in [7, 11) is 0. The van der Waals surface area contributed by atoms with Crippen molar-refractivity contribution in [3.05, 3.63) is 0 Å². The van der Waals surface area contributed by atoms with E-state index in [1.165, 1.54) is 30.6 Å². The number of unbranched alkanes of at least 4 members (excludes halogenated alkanes) is 8. The number of esters is 2. The van der Waals surface area contributed by atoms with Gasteiger partial charge in [-0.15, -0.1) is 0 Å². The molecule has 2 N–H and O–H groups in total. The van der Waals surface area contributed by atoms with E-state index in [2.05, 4.69) is 13.8 Å². The molecule has 0 bridgehead atoms. The van der Waals surface area contributed by atoms with E-state index in [0.29, 0.717) is 12.8 Å². The van der Waals surface area contributed by atoms with Crippen molar-refractivity contribution in [3.8, 4) is 0 Å². The Morgan fingerprint density at radius 3 is 1.48 bits per heavy atom. The number of rotatable bonds is 19. The lowest BCUT2D eigenvalue weighted by Crippen LogP contribution is -2.40. The van der Waals surface area contributed by atoms with Crippen LogP contribution in [0.2, 0.25) is 0 Å². The minimum Gasteiger partial charge on any atom is -0.464 e. The van der Waals surface area contributed by atoms with E-state index in [-0.39, 0.29) is 50.7 Å². The summed E-state index contributed by atoms with van der Waals surface area (Å²) >= 11 is 0. The third kappa shape index (κ3) is 17.0. The van der Waals surface area contributed by atoms with Crippen LogP contribution in [0.1, 0.15) is 90.9 Å². The lowest BCUT2D eigenvalue weighted by molar-refractivity contribution is -0.147. The standard InChI is InChI=1S/C22H42N2O5/c1-3-5-7-9-11-13-21(26)28-17-15-24(20(25)19-23)16-18-29-22(27)14-12-10-8-6-4-2/h3-19,23H2,1-2H3. The Morgan fingerprint density at radius 2 is 1.10 bits per heavy atom. The fourth-order valence-corrected chi connectivity index (χ4v) is 2.92. The fraction of sp³-hybridized carbons (Fsp3) is 0.864. The largest absolute Gasteiger partial charge is 0.464 e. The zero-order valence-electron chi connectivity index (χ0n) is 18.6. The highest BCUT2D eigenvalue weighted by atomic mass is 16.5. The first-order valence-corrected chi connectivity index (χ1v) is 11.3. The molecular formula is C22H42N2O5. The zero-order chi connectivity index (χ0) is 21.7. The smallest absolute Gasteiger partial charge is 0.305 e. The van der Waals surface area contributed by atoms with Crippen LogP contribution >= 0.6 is 0 Å². The molecule has 0 aromatic carbocycles. The van der Waals surface area contributed by atoms with Crippen LogP contribution in [0.4, 0.5) is 0 Å². The molecule has 170 valence electrons. The number of carbonyl (C=O) groups is 3. The van der Waals surface area contributed by atoms with Crippen LogP contribution in [0, 0.1) is 0 Å². The van der Waals surface area contributed by atoms with E-state index in [0.717, 1.165) is 38.5 Å². The molecule has 7 heteroatoms. The molecule has 0 heterocycles. The Kier molecular flexibility index (Phi) is 18.6. The van der Waals surface area contributed by atoms with Gasteiger partial charge < -0.3 is 20.1 Å². The summed E-state index contributed by atoms with van der Waals surface area (Å²) in [6.45, 7) is 4.95. The van der Waals surface area contributed by atoms with Crippen LogP contribution in [0.15, 0.2) is 0 Å². The fourth-order valence-electron chi connectivity index (χ4n) is 2.92. The van der Waals surface area contributed by atoms with Crippen molar-refractivity contribution >= 4 is 17.8 Å². The summed E-state index contributed by atoms with van der Waals surface area (Å²) in [6, 6.07) is 0. The van der Waals surface area contributed by atoms with Crippen molar-refractivity contribution in [2.24, 2.45) is 5.73 Å². The van der Waals surface area contributed by atoms with Crippen molar-refractivity contribution in [1.29, 1.82) is 0 Å². The minimum absolute atomic E-state index is 0.128. The van der Waals surface area contributed by atoms with Crippen LogP contribution in [0.3, 0.4) is 0 Å². The maximum atomic E-state index is 11.9. The molecule has 0 saturated heterocycles. The van der Waals surface area contributed by atoms with Crippen LogP contribution in [-0.2, 0) is 23.9 Å². The van der Waals surface area contributed by atoms with Gasteiger partial charge in [0.15, 0.2) is 0 Å². The molecule has 0 unspecified atom stereocenters. The Morgan fingerprint density at radius 1 is 0.690 bits per heavy atom. The van der Waals surface area contributed by atoms with Crippen molar-refractivity contribution < 1.29 is 23.9 Å². The molecule has 1 amide bonds. The molecule has 29 heavy (non-hydrogen) atoms. The van der Waals surface area contributed by atoms with E-state index in [1.807, 2.05) is 0 Å². The number of nitrogens with two attached hydrogens (primary N) is 1. The second-order valence-electron chi connectivity index (χ2n) is 7.35. The molecule has 0 aromatic heterocycles. The predicted molar refractivity (Wildman–Crippen MR) is 114 cm³/mol. The van der Waals surface area contributed by atoms with Gasteiger partial charge in [-0.2, -0.15) is 0 Å². The lowest BCUT2D eigenvalue weighted by Gasteiger charge is -2.21. The molecule has 0 aromatic rings. The van der Waals surface area contributed by atoms with Gasteiger partial charge in [-0.3, -0.25) is 14.4 Å². The molecule has 7 nitrogen and oxygen atoms in total. The van der Waals surface area contributed by atoms with Gasteiger partial charge in [0.25, 0.3) is 0 Å². The highest BCUT2D eigenvalue weighted by Gasteiger charge is 2.14.